The van der Waals surface area contributed by atoms with Gasteiger partial charge in [0.05, 0.1) is 16.9 Å². The molecule has 4 rings (SSSR count). The van der Waals surface area contributed by atoms with Crippen LogP contribution in [0.2, 0.25) is 0 Å². The fourth-order valence-electron chi connectivity index (χ4n) is 3.55. The summed E-state index contributed by atoms with van der Waals surface area (Å²) >= 11 is 0. The molecule has 0 radical (unpaired) electrons. The third-order valence-corrected chi connectivity index (χ3v) is 5.03. The van der Waals surface area contributed by atoms with Crippen LogP contribution in [-0.2, 0) is 6.54 Å². The largest absolute Gasteiger partial charge is 0.337 e. The van der Waals surface area contributed by atoms with Gasteiger partial charge in [0, 0.05) is 19.2 Å². The van der Waals surface area contributed by atoms with Crippen LogP contribution in [-0.4, -0.2) is 27.6 Å². The van der Waals surface area contributed by atoms with E-state index < -0.39 is 0 Å². The van der Waals surface area contributed by atoms with Crippen molar-refractivity contribution in [2.75, 3.05) is 7.05 Å². The lowest BCUT2D eigenvalue weighted by Gasteiger charge is -2.18. The molecule has 3 aromatic carbocycles. The Morgan fingerprint density at radius 2 is 1.63 bits per heavy atom. The SMILES string of the molecule is Cc1c(C(=O)N(C)Cc2cccc(F)c2)c(-c2ccccc2)nn1-c1ccccc1. The Labute approximate surface area is 175 Å². The summed E-state index contributed by atoms with van der Waals surface area (Å²) in [5, 5.41) is 4.78. The topological polar surface area (TPSA) is 38.1 Å². The van der Waals surface area contributed by atoms with Crippen LogP contribution in [0, 0.1) is 12.7 Å². The summed E-state index contributed by atoms with van der Waals surface area (Å²) in [7, 11) is 1.72. The van der Waals surface area contributed by atoms with Gasteiger partial charge in [0.1, 0.15) is 11.5 Å². The van der Waals surface area contributed by atoms with Gasteiger partial charge < -0.3 is 4.90 Å². The molecule has 0 bridgehead atoms. The summed E-state index contributed by atoms with van der Waals surface area (Å²) in [6.45, 7) is 2.20. The van der Waals surface area contributed by atoms with Gasteiger partial charge in [-0.25, -0.2) is 9.07 Å². The maximum atomic E-state index is 13.6. The number of amides is 1. The Morgan fingerprint density at radius 1 is 0.967 bits per heavy atom. The van der Waals surface area contributed by atoms with Crippen LogP contribution in [0.5, 0.6) is 0 Å². The molecule has 0 unspecified atom stereocenters. The molecule has 1 aromatic heterocycles. The van der Waals surface area contributed by atoms with E-state index in [-0.39, 0.29) is 11.7 Å². The quantitative estimate of drug-likeness (QED) is 0.459. The van der Waals surface area contributed by atoms with Crippen LogP contribution in [0.15, 0.2) is 84.9 Å². The van der Waals surface area contributed by atoms with Gasteiger partial charge in [-0.1, -0.05) is 60.7 Å². The third kappa shape index (κ3) is 3.87. The van der Waals surface area contributed by atoms with E-state index in [0.717, 1.165) is 22.5 Å². The molecular weight excluding hydrogens is 377 g/mol. The summed E-state index contributed by atoms with van der Waals surface area (Å²) in [6, 6.07) is 25.7. The van der Waals surface area contributed by atoms with Gasteiger partial charge in [0.2, 0.25) is 0 Å². The lowest BCUT2D eigenvalue weighted by Crippen LogP contribution is -2.27. The zero-order valence-electron chi connectivity index (χ0n) is 16.9. The Balaban J connectivity index is 1.77. The summed E-state index contributed by atoms with van der Waals surface area (Å²) in [5.41, 5.74) is 4.44. The second-order valence-electron chi connectivity index (χ2n) is 7.21. The van der Waals surface area contributed by atoms with Gasteiger partial charge in [-0.2, -0.15) is 5.10 Å². The number of carbonyl (C=O) groups excluding carboxylic acids is 1. The highest BCUT2D eigenvalue weighted by atomic mass is 19.1. The number of halogens is 1. The highest BCUT2D eigenvalue weighted by molar-refractivity contribution is 6.01. The number of hydrogen-bond acceptors (Lipinski definition) is 2. The molecule has 30 heavy (non-hydrogen) atoms. The lowest BCUT2D eigenvalue weighted by molar-refractivity contribution is 0.0785. The highest BCUT2D eigenvalue weighted by Crippen LogP contribution is 2.28. The van der Waals surface area contributed by atoms with E-state index >= 15 is 0 Å². The summed E-state index contributed by atoms with van der Waals surface area (Å²) in [5.74, 6) is -0.468. The number of carbonyl (C=O) groups is 1. The van der Waals surface area contributed by atoms with Crippen molar-refractivity contribution in [1.29, 1.82) is 0 Å². The van der Waals surface area contributed by atoms with Crippen LogP contribution in [0.4, 0.5) is 4.39 Å². The standard InChI is InChI=1S/C25H22FN3O/c1-18-23(25(30)28(2)17-19-10-9-13-21(26)16-19)24(20-11-5-3-6-12-20)27-29(18)22-14-7-4-8-15-22/h3-16H,17H2,1-2H3. The predicted molar refractivity (Wildman–Crippen MR) is 116 cm³/mol. The van der Waals surface area contributed by atoms with Crippen molar-refractivity contribution in [1.82, 2.24) is 14.7 Å². The van der Waals surface area contributed by atoms with Gasteiger partial charge in [-0.05, 0) is 36.8 Å². The first-order valence-electron chi connectivity index (χ1n) is 9.75. The molecule has 0 aliphatic rings. The summed E-state index contributed by atoms with van der Waals surface area (Å²) < 4.78 is 15.4. The average molecular weight is 399 g/mol. The van der Waals surface area contributed by atoms with E-state index in [9.17, 15) is 9.18 Å². The predicted octanol–water partition coefficient (Wildman–Crippen LogP) is 5.26. The zero-order chi connectivity index (χ0) is 21.1. The van der Waals surface area contributed by atoms with Crippen LogP contribution in [0.25, 0.3) is 16.9 Å². The summed E-state index contributed by atoms with van der Waals surface area (Å²) in [6.07, 6.45) is 0. The van der Waals surface area contributed by atoms with Crippen molar-refractivity contribution >= 4 is 5.91 Å². The van der Waals surface area contributed by atoms with Crippen molar-refractivity contribution in [3.63, 3.8) is 0 Å². The maximum Gasteiger partial charge on any atom is 0.258 e. The van der Waals surface area contributed by atoms with Gasteiger partial charge in [0.15, 0.2) is 0 Å². The van der Waals surface area contributed by atoms with Crippen LogP contribution >= 0.6 is 0 Å². The molecule has 1 heterocycles. The zero-order valence-corrected chi connectivity index (χ0v) is 16.9. The highest BCUT2D eigenvalue weighted by Gasteiger charge is 2.25. The molecule has 150 valence electrons. The van der Waals surface area contributed by atoms with Crippen molar-refractivity contribution in [3.05, 3.63) is 108 Å². The van der Waals surface area contributed by atoms with E-state index in [1.165, 1.54) is 12.1 Å². The molecule has 0 atom stereocenters. The van der Waals surface area contributed by atoms with Crippen LogP contribution in [0.1, 0.15) is 21.6 Å². The minimum absolute atomic E-state index is 0.155. The van der Waals surface area contributed by atoms with Gasteiger partial charge in [-0.15, -0.1) is 0 Å². The van der Waals surface area contributed by atoms with Crippen molar-refractivity contribution in [3.8, 4) is 16.9 Å². The average Bonchev–Trinajstić information content (AvgIpc) is 3.11. The molecule has 0 aliphatic heterocycles. The molecule has 5 heteroatoms. The summed E-state index contributed by atoms with van der Waals surface area (Å²) in [4.78, 5) is 15.1. The smallest absolute Gasteiger partial charge is 0.258 e. The molecule has 0 N–H and O–H groups in total. The number of benzene rings is 3. The number of nitrogens with zero attached hydrogens (tertiary/aromatic N) is 3. The molecular formula is C25H22FN3O. The minimum atomic E-state index is -0.314. The fraction of sp³-hybridized carbons (Fsp3) is 0.120. The normalized spacial score (nSPS) is 10.8. The molecule has 0 spiro atoms. The maximum absolute atomic E-state index is 13.6. The van der Waals surface area contributed by atoms with Gasteiger partial charge >= 0.3 is 0 Å². The molecule has 4 aromatic rings. The number of aromatic nitrogens is 2. The molecule has 0 fully saturated rings. The Kier molecular flexibility index (Phi) is 5.44. The number of hydrogen-bond donors (Lipinski definition) is 0. The lowest BCUT2D eigenvalue weighted by atomic mass is 10.0. The first-order valence-corrected chi connectivity index (χ1v) is 9.75. The van der Waals surface area contributed by atoms with E-state index in [1.807, 2.05) is 73.7 Å². The van der Waals surface area contributed by atoms with E-state index in [4.69, 9.17) is 5.10 Å². The number of rotatable bonds is 5. The van der Waals surface area contributed by atoms with Gasteiger partial charge in [0.25, 0.3) is 5.91 Å². The Bertz CT molecular complexity index is 1170. The molecule has 1 amide bonds. The minimum Gasteiger partial charge on any atom is -0.337 e. The first kappa shape index (κ1) is 19.6. The molecule has 0 saturated heterocycles. The van der Waals surface area contributed by atoms with Gasteiger partial charge in [-0.3, -0.25) is 4.79 Å². The van der Waals surface area contributed by atoms with Crippen molar-refractivity contribution < 1.29 is 9.18 Å². The second kappa shape index (κ2) is 8.33. The molecule has 0 saturated carbocycles. The Hall–Kier alpha value is -3.73. The fourth-order valence-corrected chi connectivity index (χ4v) is 3.55. The Morgan fingerprint density at radius 3 is 2.30 bits per heavy atom. The molecule has 4 nitrogen and oxygen atoms in total. The van der Waals surface area contributed by atoms with Crippen LogP contribution in [0.3, 0.4) is 0 Å². The first-order chi connectivity index (χ1) is 14.5. The monoisotopic (exact) mass is 399 g/mol. The van der Waals surface area contributed by atoms with Crippen LogP contribution < -0.4 is 0 Å². The second-order valence-corrected chi connectivity index (χ2v) is 7.21. The molecule has 0 aliphatic carbocycles. The van der Waals surface area contributed by atoms with Crippen molar-refractivity contribution in [2.45, 2.75) is 13.5 Å². The van der Waals surface area contributed by atoms with E-state index in [0.29, 0.717) is 17.8 Å². The van der Waals surface area contributed by atoms with E-state index in [1.54, 1.807) is 22.7 Å². The van der Waals surface area contributed by atoms with E-state index in [2.05, 4.69) is 0 Å². The third-order valence-electron chi connectivity index (χ3n) is 5.03. The number of para-hydroxylation sites is 1. The van der Waals surface area contributed by atoms with Crippen molar-refractivity contribution in [2.24, 2.45) is 0 Å².